The summed E-state index contributed by atoms with van der Waals surface area (Å²) in [4.78, 5) is 18.9. The molecule has 1 atom stereocenters. The lowest BCUT2D eigenvalue weighted by Gasteiger charge is -2.27. The highest BCUT2D eigenvalue weighted by Crippen LogP contribution is 2.34. The number of carbonyl (C=O) groups excluding carboxylic acids is 1. The first-order chi connectivity index (χ1) is 12.7. The first-order valence-electron chi connectivity index (χ1n) is 8.76. The molecule has 0 aliphatic carbocycles. The summed E-state index contributed by atoms with van der Waals surface area (Å²) in [7, 11) is 0. The summed E-state index contributed by atoms with van der Waals surface area (Å²) >= 11 is 0. The lowest BCUT2D eigenvalue weighted by atomic mass is 9.80. The molecule has 0 bridgehead atoms. The van der Waals surface area contributed by atoms with Crippen molar-refractivity contribution in [1.82, 2.24) is 14.5 Å². The van der Waals surface area contributed by atoms with E-state index in [1.54, 1.807) is 12.5 Å². The van der Waals surface area contributed by atoms with Crippen molar-refractivity contribution in [3.05, 3.63) is 84.4 Å². The van der Waals surface area contributed by atoms with Crippen LogP contribution in [0.5, 0.6) is 0 Å². The van der Waals surface area contributed by atoms with E-state index < -0.39 is 0 Å². The average molecular weight is 347 g/mol. The van der Waals surface area contributed by atoms with Gasteiger partial charge in [0.05, 0.1) is 12.9 Å². The second-order valence-electron chi connectivity index (χ2n) is 6.80. The van der Waals surface area contributed by atoms with Crippen molar-refractivity contribution < 1.29 is 9.90 Å². The van der Waals surface area contributed by atoms with Gasteiger partial charge in [-0.2, -0.15) is 0 Å². The normalized spacial score (nSPS) is 19.7. The first-order valence-corrected chi connectivity index (χ1v) is 8.76. The Morgan fingerprint density at radius 2 is 2.00 bits per heavy atom. The standard InChI is InChI=1S/C21H21N3O2/c25-15-21(18-6-2-1-3-7-18)9-11-23(14-21)20(26)17-5-4-8-19(13-17)24-12-10-22-16-24/h1-8,10,12-13,16,25H,9,11,14-15H2. The van der Waals surface area contributed by atoms with Crippen molar-refractivity contribution in [2.75, 3.05) is 19.7 Å². The quantitative estimate of drug-likeness (QED) is 0.789. The van der Waals surface area contributed by atoms with Gasteiger partial charge in [0, 0.05) is 42.1 Å². The number of aliphatic hydroxyl groups excluding tert-OH is 1. The fourth-order valence-electron chi connectivity index (χ4n) is 3.69. The van der Waals surface area contributed by atoms with E-state index in [1.807, 2.05) is 70.3 Å². The van der Waals surface area contributed by atoms with Gasteiger partial charge in [0.15, 0.2) is 0 Å². The van der Waals surface area contributed by atoms with Gasteiger partial charge in [-0.15, -0.1) is 0 Å². The summed E-state index contributed by atoms with van der Waals surface area (Å²) in [6.45, 7) is 1.21. The number of likely N-dealkylation sites (tertiary alicyclic amines) is 1. The largest absolute Gasteiger partial charge is 0.395 e. The van der Waals surface area contributed by atoms with Crippen LogP contribution in [0.1, 0.15) is 22.3 Å². The topological polar surface area (TPSA) is 58.4 Å². The molecule has 5 heteroatoms. The van der Waals surface area contributed by atoms with Crippen molar-refractivity contribution in [3.63, 3.8) is 0 Å². The molecule has 1 N–H and O–H groups in total. The average Bonchev–Trinajstić information content (AvgIpc) is 3.39. The van der Waals surface area contributed by atoms with Crippen LogP contribution in [-0.4, -0.2) is 45.2 Å². The monoisotopic (exact) mass is 347 g/mol. The molecule has 0 spiro atoms. The molecule has 1 aliphatic rings. The van der Waals surface area contributed by atoms with Gasteiger partial charge in [-0.25, -0.2) is 4.98 Å². The Labute approximate surface area is 152 Å². The number of aromatic nitrogens is 2. The number of aliphatic hydroxyl groups is 1. The maximum Gasteiger partial charge on any atom is 0.253 e. The van der Waals surface area contributed by atoms with Gasteiger partial charge in [-0.05, 0) is 30.2 Å². The summed E-state index contributed by atoms with van der Waals surface area (Å²) in [6, 6.07) is 17.5. The predicted molar refractivity (Wildman–Crippen MR) is 99.3 cm³/mol. The Morgan fingerprint density at radius 3 is 2.73 bits per heavy atom. The highest BCUT2D eigenvalue weighted by molar-refractivity contribution is 5.95. The van der Waals surface area contributed by atoms with Crippen LogP contribution in [0.3, 0.4) is 0 Å². The van der Waals surface area contributed by atoms with Crippen molar-refractivity contribution in [3.8, 4) is 5.69 Å². The van der Waals surface area contributed by atoms with Crippen LogP contribution in [0.4, 0.5) is 0 Å². The minimum Gasteiger partial charge on any atom is -0.395 e. The number of amides is 1. The van der Waals surface area contributed by atoms with Crippen molar-refractivity contribution >= 4 is 5.91 Å². The molecule has 1 aromatic heterocycles. The van der Waals surface area contributed by atoms with Crippen LogP contribution >= 0.6 is 0 Å². The Kier molecular flexibility index (Phi) is 4.31. The minimum absolute atomic E-state index is 0.00165. The molecule has 1 amide bonds. The van der Waals surface area contributed by atoms with E-state index in [0.29, 0.717) is 18.7 Å². The number of hydrogen-bond acceptors (Lipinski definition) is 3. The second kappa shape index (κ2) is 6.77. The van der Waals surface area contributed by atoms with Crippen molar-refractivity contribution in [2.45, 2.75) is 11.8 Å². The smallest absolute Gasteiger partial charge is 0.253 e. The molecule has 2 aromatic carbocycles. The van der Waals surface area contributed by atoms with Gasteiger partial charge in [-0.3, -0.25) is 4.79 Å². The molecule has 0 radical (unpaired) electrons. The number of rotatable bonds is 4. The molecule has 1 fully saturated rings. The number of benzene rings is 2. The van der Waals surface area contributed by atoms with Crippen LogP contribution in [-0.2, 0) is 5.41 Å². The molecule has 2 heterocycles. The Morgan fingerprint density at radius 1 is 1.15 bits per heavy atom. The fourth-order valence-corrected chi connectivity index (χ4v) is 3.69. The Balaban J connectivity index is 1.57. The molecule has 0 saturated carbocycles. The lowest BCUT2D eigenvalue weighted by molar-refractivity contribution is 0.0774. The van der Waals surface area contributed by atoms with E-state index in [1.165, 1.54) is 0 Å². The highest BCUT2D eigenvalue weighted by atomic mass is 16.3. The molecule has 1 aliphatic heterocycles. The van der Waals surface area contributed by atoms with E-state index >= 15 is 0 Å². The minimum atomic E-state index is -0.376. The number of carbonyl (C=O) groups is 1. The molecular weight excluding hydrogens is 326 g/mol. The van der Waals surface area contributed by atoms with Crippen LogP contribution < -0.4 is 0 Å². The molecule has 3 aromatic rings. The molecule has 26 heavy (non-hydrogen) atoms. The zero-order valence-corrected chi connectivity index (χ0v) is 14.5. The van der Waals surface area contributed by atoms with E-state index in [4.69, 9.17) is 0 Å². The molecule has 4 rings (SSSR count). The summed E-state index contributed by atoms with van der Waals surface area (Å²) < 4.78 is 1.88. The zero-order valence-electron chi connectivity index (χ0n) is 14.5. The number of imidazole rings is 1. The third-order valence-corrected chi connectivity index (χ3v) is 5.23. The van der Waals surface area contributed by atoms with Crippen LogP contribution in [0.2, 0.25) is 0 Å². The van der Waals surface area contributed by atoms with Gasteiger partial charge in [-0.1, -0.05) is 36.4 Å². The summed E-state index contributed by atoms with van der Waals surface area (Å²) in [6.07, 6.45) is 6.04. The number of hydrogen-bond donors (Lipinski definition) is 1. The Bertz CT molecular complexity index is 893. The predicted octanol–water partition coefficient (Wildman–Crippen LogP) is 2.65. The summed E-state index contributed by atoms with van der Waals surface area (Å²) in [5.41, 5.74) is 2.27. The van der Waals surface area contributed by atoms with E-state index in [9.17, 15) is 9.90 Å². The van der Waals surface area contributed by atoms with Gasteiger partial charge in [0.1, 0.15) is 0 Å². The van der Waals surface area contributed by atoms with E-state index in [0.717, 1.165) is 17.7 Å². The first kappa shape index (κ1) is 16.5. The molecule has 5 nitrogen and oxygen atoms in total. The lowest BCUT2D eigenvalue weighted by Crippen LogP contribution is -2.37. The van der Waals surface area contributed by atoms with Crippen molar-refractivity contribution in [2.24, 2.45) is 0 Å². The highest BCUT2D eigenvalue weighted by Gasteiger charge is 2.41. The molecule has 1 saturated heterocycles. The van der Waals surface area contributed by atoms with Crippen LogP contribution in [0.25, 0.3) is 5.69 Å². The Hall–Kier alpha value is -2.92. The van der Waals surface area contributed by atoms with Gasteiger partial charge in [0.25, 0.3) is 5.91 Å². The fraction of sp³-hybridized carbons (Fsp3) is 0.238. The van der Waals surface area contributed by atoms with Gasteiger partial charge in [0.2, 0.25) is 0 Å². The molecule has 1 unspecified atom stereocenters. The number of nitrogens with zero attached hydrogens (tertiary/aromatic N) is 3. The van der Waals surface area contributed by atoms with E-state index in [2.05, 4.69) is 4.98 Å². The van der Waals surface area contributed by atoms with Crippen LogP contribution in [0, 0.1) is 0 Å². The molecule has 132 valence electrons. The SMILES string of the molecule is O=C(c1cccc(-n2ccnc2)c1)N1CCC(CO)(c2ccccc2)C1. The third kappa shape index (κ3) is 2.91. The zero-order chi connectivity index (χ0) is 18.0. The van der Waals surface area contributed by atoms with Gasteiger partial charge >= 0.3 is 0 Å². The van der Waals surface area contributed by atoms with Crippen molar-refractivity contribution in [1.29, 1.82) is 0 Å². The second-order valence-corrected chi connectivity index (χ2v) is 6.80. The van der Waals surface area contributed by atoms with Crippen LogP contribution in [0.15, 0.2) is 73.3 Å². The summed E-state index contributed by atoms with van der Waals surface area (Å²) in [5, 5.41) is 10.1. The van der Waals surface area contributed by atoms with Gasteiger partial charge < -0.3 is 14.6 Å². The third-order valence-electron chi connectivity index (χ3n) is 5.23. The summed E-state index contributed by atoms with van der Waals surface area (Å²) in [5.74, 6) is -0.00165. The molecular formula is C21H21N3O2. The maximum atomic E-state index is 13.0. The maximum absolute atomic E-state index is 13.0. The van der Waals surface area contributed by atoms with E-state index in [-0.39, 0.29) is 17.9 Å².